The minimum absolute atomic E-state index is 0.196. The Hall–Kier alpha value is -1.39. The van der Waals surface area contributed by atoms with Crippen molar-refractivity contribution in [3.05, 3.63) is 35.4 Å². The number of rotatable bonds is 2. The highest BCUT2D eigenvalue weighted by molar-refractivity contribution is 5.78. The molecule has 0 bridgehead atoms. The lowest BCUT2D eigenvalue weighted by Gasteiger charge is -2.37. The van der Waals surface area contributed by atoms with Crippen LogP contribution in [-0.2, 0) is 20.7 Å². The smallest absolute Gasteiger partial charge is 0.226 e. The zero-order valence-electron chi connectivity index (χ0n) is 11.9. The molecule has 4 heteroatoms. The molecule has 0 N–H and O–H groups in total. The van der Waals surface area contributed by atoms with Crippen molar-refractivity contribution < 1.29 is 14.3 Å². The summed E-state index contributed by atoms with van der Waals surface area (Å²) in [6, 6.07) is 8.16. The molecule has 0 radical (unpaired) electrons. The first-order valence-corrected chi connectivity index (χ1v) is 7.28. The fraction of sp³-hybridized carbons (Fsp3) is 0.562. The molecule has 0 atom stereocenters. The third-order valence-electron chi connectivity index (χ3n) is 4.17. The Morgan fingerprint density at radius 2 is 1.75 bits per heavy atom. The van der Waals surface area contributed by atoms with E-state index in [2.05, 4.69) is 6.92 Å². The van der Waals surface area contributed by atoms with E-state index in [9.17, 15) is 4.79 Å². The number of aryl methyl sites for hydroxylation is 1. The number of hydrogen-bond acceptors (Lipinski definition) is 3. The minimum Gasteiger partial charge on any atom is -0.347 e. The number of benzene rings is 1. The number of amides is 1. The normalized spacial score (nSPS) is 21.4. The van der Waals surface area contributed by atoms with Gasteiger partial charge in [0.2, 0.25) is 5.91 Å². The number of ether oxygens (including phenoxy) is 2. The molecule has 0 aromatic heterocycles. The van der Waals surface area contributed by atoms with Crippen molar-refractivity contribution in [1.29, 1.82) is 0 Å². The van der Waals surface area contributed by atoms with Gasteiger partial charge in [-0.15, -0.1) is 0 Å². The molecule has 2 fully saturated rings. The van der Waals surface area contributed by atoms with Crippen LogP contribution in [0.4, 0.5) is 0 Å². The largest absolute Gasteiger partial charge is 0.347 e. The van der Waals surface area contributed by atoms with Gasteiger partial charge in [0.1, 0.15) is 0 Å². The van der Waals surface area contributed by atoms with Crippen molar-refractivity contribution in [3.8, 4) is 0 Å². The number of nitrogens with zero attached hydrogens (tertiary/aromatic N) is 1. The van der Waals surface area contributed by atoms with Crippen molar-refractivity contribution >= 4 is 5.91 Å². The van der Waals surface area contributed by atoms with Gasteiger partial charge in [-0.05, 0) is 12.5 Å². The van der Waals surface area contributed by atoms with Crippen LogP contribution in [0.3, 0.4) is 0 Å². The summed E-state index contributed by atoms with van der Waals surface area (Å²) in [4.78, 5) is 14.2. The molecule has 0 saturated carbocycles. The minimum atomic E-state index is -0.402. The van der Waals surface area contributed by atoms with Gasteiger partial charge >= 0.3 is 0 Å². The van der Waals surface area contributed by atoms with E-state index >= 15 is 0 Å². The maximum atomic E-state index is 12.3. The van der Waals surface area contributed by atoms with Gasteiger partial charge in [-0.25, -0.2) is 0 Å². The van der Waals surface area contributed by atoms with Crippen LogP contribution in [0.1, 0.15) is 24.0 Å². The number of hydrogen-bond donors (Lipinski definition) is 0. The molecule has 1 spiro atoms. The van der Waals surface area contributed by atoms with E-state index in [1.165, 1.54) is 5.56 Å². The fourth-order valence-electron chi connectivity index (χ4n) is 2.87. The Bertz CT molecular complexity index is 467. The molecule has 20 heavy (non-hydrogen) atoms. The highest BCUT2D eigenvalue weighted by Crippen LogP contribution is 2.31. The average Bonchev–Trinajstić information content (AvgIpc) is 2.90. The number of carbonyl (C=O) groups is 1. The summed E-state index contributed by atoms with van der Waals surface area (Å²) in [5, 5.41) is 0. The summed E-state index contributed by atoms with van der Waals surface area (Å²) in [6.07, 6.45) is 2.05. The standard InChI is InChI=1S/C16H21NO3/c1-13-2-4-14(5-3-13)12-15(18)17-8-6-16(7-9-17)19-10-11-20-16/h2-5H,6-12H2,1H3. The van der Waals surface area contributed by atoms with Crippen molar-refractivity contribution in [3.63, 3.8) is 0 Å². The zero-order valence-corrected chi connectivity index (χ0v) is 11.9. The quantitative estimate of drug-likeness (QED) is 0.827. The van der Waals surface area contributed by atoms with Crippen molar-refractivity contribution in [2.45, 2.75) is 32.0 Å². The molecule has 2 heterocycles. The summed E-state index contributed by atoms with van der Waals surface area (Å²) in [5.41, 5.74) is 2.30. The SMILES string of the molecule is Cc1ccc(CC(=O)N2CCC3(CC2)OCCO3)cc1. The topological polar surface area (TPSA) is 38.8 Å². The van der Waals surface area contributed by atoms with Gasteiger partial charge in [0, 0.05) is 25.9 Å². The van der Waals surface area contributed by atoms with Gasteiger partial charge in [-0.3, -0.25) is 4.79 Å². The second-order valence-electron chi connectivity index (χ2n) is 5.65. The maximum Gasteiger partial charge on any atom is 0.226 e. The van der Waals surface area contributed by atoms with Gasteiger partial charge < -0.3 is 14.4 Å². The second kappa shape index (κ2) is 5.54. The lowest BCUT2D eigenvalue weighted by Crippen LogP contribution is -2.47. The van der Waals surface area contributed by atoms with Crippen LogP contribution in [0.2, 0.25) is 0 Å². The molecule has 2 aliphatic rings. The highest BCUT2D eigenvalue weighted by atomic mass is 16.7. The number of likely N-dealkylation sites (tertiary alicyclic amines) is 1. The van der Waals surface area contributed by atoms with Crippen LogP contribution in [0.5, 0.6) is 0 Å². The molecule has 0 aliphatic carbocycles. The van der Waals surface area contributed by atoms with E-state index in [1.807, 2.05) is 29.2 Å². The van der Waals surface area contributed by atoms with Crippen LogP contribution in [0.15, 0.2) is 24.3 Å². The van der Waals surface area contributed by atoms with Crippen LogP contribution in [-0.4, -0.2) is 42.9 Å². The number of carbonyl (C=O) groups excluding carboxylic acids is 1. The first-order chi connectivity index (χ1) is 9.67. The Morgan fingerprint density at radius 1 is 1.15 bits per heavy atom. The molecule has 2 saturated heterocycles. The summed E-state index contributed by atoms with van der Waals surface area (Å²) < 4.78 is 11.4. The first-order valence-electron chi connectivity index (χ1n) is 7.28. The lowest BCUT2D eigenvalue weighted by molar-refractivity contribution is -0.187. The predicted octanol–water partition coefficient (Wildman–Crippen LogP) is 1.90. The molecular weight excluding hydrogens is 254 g/mol. The molecule has 1 amide bonds. The molecule has 108 valence electrons. The van der Waals surface area contributed by atoms with E-state index in [4.69, 9.17) is 9.47 Å². The Morgan fingerprint density at radius 3 is 2.35 bits per heavy atom. The summed E-state index contributed by atoms with van der Waals surface area (Å²) in [7, 11) is 0. The van der Waals surface area contributed by atoms with Gasteiger partial charge in [-0.2, -0.15) is 0 Å². The Labute approximate surface area is 119 Å². The highest BCUT2D eigenvalue weighted by Gasteiger charge is 2.40. The van der Waals surface area contributed by atoms with Crippen molar-refractivity contribution in [1.82, 2.24) is 4.90 Å². The van der Waals surface area contributed by atoms with E-state index in [-0.39, 0.29) is 5.91 Å². The van der Waals surface area contributed by atoms with Crippen molar-refractivity contribution in [2.75, 3.05) is 26.3 Å². The Kier molecular flexibility index (Phi) is 3.76. The maximum absolute atomic E-state index is 12.3. The molecule has 1 aromatic carbocycles. The van der Waals surface area contributed by atoms with Gasteiger partial charge in [0.25, 0.3) is 0 Å². The Balaban J connectivity index is 1.55. The van der Waals surface area contributed by atoms with E-state index < -0.39 is 5.79 Å². The number of piperidine rings is 1. The van der Waals surface area contributed by atoms with Crippen LogP contribution < -0.4 is 0 Å². The van der Waals surface area contributed by atoms with Crippen LogP contribution in [0.25, 0.3) is 0 Å². The molecule has 2 aliphatic heterocycles. The fourth-order valence-corrected chi connectivity index (χ4v) is 2.87. The molecule has 1 aromatic rings. The van der Waals surface area contributed by atoms with Crippen LogP contribution >= 0.6 is 0 Å². The van der Waals surface area contributed by atoms with Crippen LogP contribution in [0, 0.1) is 6.92 Å². The summed E-state index contributed by atoms with van der Waals surface area (Å²) in [5.74, 6) is -0.206. The van der Waals surface area contributed by atoms with E-state index in [0.717, 1.165) is 31.5 Å². The summed E-state index contributed by atoms with van der Waals surface area (Å²) >= 11 is 0. The van der Waals surface area contributed by atoms with E-state index in [0.29, 0.717) is 19.6 Å². The molecule has 0 unspecified atom stereocenters. The van der Waals surface area contributed by atoms with Gasteiger partial charge in [0.15, 0.2) is 5.79 Å². The first kappa shape index (κ1) is 13.6. The monoisotopic (exact) mass is 275 g/mol. The lowest BCUT2D eigenvalue weighted by atomic mass is 10.0. The third kappa shape index (κ3) is 2.86. The van der Waals surface area contributed by atoms with Gasteiger partial charge in [0.05, 0.1) is 19.6 Å². The van der Waals surface area contributed by atoms with E-state index in [1.54, 1.807) is 0 Å². The van der Waals surface area contributed by atoms with Gasteiger partial charge in [-0.1, -0.05) is 29.8 Å². The second-order valence-corrected chi connectivity index (χ2v) is 5.65. The zero-order chi connectivity index (χ0) is 14.0. The molecule has 4 nitrogen and oxygen atoms in total. The average molecular weight is 275 g/mol. The molecular formula is C16H21NO3. The van der Waals surface area contributed by atoms with Crippen molar-refractivity contribution in [2.24, 2.45) is 0 Å². The summed E-state index contributed by atoms with van der Waals surface area (Å²) in [6.45, 7) is 4.86. The third-order valence-corrected chi connectivity index (χ3v) is 4.17. The predicted molar refractivity (Wildman–Crippen MR) is 75.3 cm³/mol. The molecule has 3 rings (SSSR count).